The number of benzene rings is 1. The van der Waals surface area contributed by atoms with Crippen LogP contribution in [0, 0.1) is 41.2 Å². The largest absolute Gasteiger partial charge is 0.348 e. The molecule has 0 spiro atoms. The van der Waals surface area contributed by atoms with Gasteiger partial charge in [-0.25, -0.2) is 13.2 Å². The molecule has 0 radical (unpaired) electrons. The van der Waals surface area contributed by atoms with E-state index in [1.54, 1.807) is 6.08 Å². The Hall–Kier alpha value is -1.77. The third-order valence-corrected chi connectivity index (χ3v) is 5.52. The van der Waals surface area contributed by atoms with Crippen molar-refractivity contribution >= 4 is 0 Å². The van der Waals surface area contributed by atoms with E-state index in [9.17, 15) is 13.2 Å². The Bertz CT molecular complexity index is 711. The van der Waals surface area contributed by atoms with Crippen LogP contribution in [0.5, 0.6) is 0 Å². The molecule has 2 nitrogen and oxygen atoms in total. The molecule has 0 N–H and O–H groups in total. The van der Waals surface area contributed by atoms with Gasteiger partial charge in [0.1, 0.15) is 11.6 Å². The second-order valence-electron chi connectivity index (χ2n) is 7.71. The van der Waals surface area contributed by atoms with Gasteiger partial charge in [0.25, 0.3) is 0 Å². The van der Waals surface area contributed by atoms with Crippen LogP contribution in [0.2, 0.25) is 0 Å². The van der Waals surface area contributed by atoms with Crippen molar-refractivity contribution < 1.29 is 22.6 Å². The first-order valence-corrected chi connectivity index (χ1v) is 10.1. The summed E-state index contributed by atoms with van der Waals surface area (Å²) in [7, 11) is 0. The molecule has 2 aliphatic rings. The zero-order valence-electron chi connectivity index (χ0n) is 16.2. The van der Waals surface area contributed by atoms with Gasteiger partial charge in [-0.05, 0) is 50.2 Å². The van der Waals surface area contributed by atoms with Gasteiger partial charge in [-0.2, -0.15) is 0 Å². The number of halogens is 3. The van der Waals surface area contributed by atoms with Gasteiger partial charge in [0.15, 0.2) is 6.29 Å². The van der Waals surface area contributed by atoms with Crippen molar-refractivity contribution in [1.29, 1.82) is 0 Å². The van der Waals surface area contributed by atoms with Crippen LogP contribution in [0.1, 0.15) is 62.9 Å². The minimum absolute atomic E-state index is 0.0863. The number of rotatable bonds is 4. The molecule has 0 bridgehead atoms. The van der Waals surface area contributed by atoms with E-state index in [1.807, 2.05) is 0 Å². The number of allylic oxidation sites excluding steroid dienone is 1. The molecule has 0 amide bonds. The maximum Gasteiger partial charge on any atom is 0.184 e. The van der Waals surface area contributed by atoms with Crippen LogP contribution in [0.4, 0.5) is 13.2 Å². The van der Waals surface area contributed by atoms with Gasteiger partial charge in [-0.1, -0.05) is 31.3 Å². The number of hydrogen-bond donors (Lipinski definition) is 0. The average Bonchev–Trinajstić information content (AvgIpc) is 2.69. The lowest BCUT2D eigenvalue weighted by Gasteiger charge is -2.29. The molecule has 1 saturated carbocycles. The van der Waals surface area contributed by atoms with Crippen LogP contribution in [0.15, 0.2) is 24.5 Å². The SMILES string of the molecule is CCC[C@H]1CO[C@H](c2cc(F)c(C#CC3CCC(/C=C/F)CC3)c(F)c2)OC1. The van der Waals surface area contributed by atoms with E-state index < -0.39 is 17.9 Å². The molecule has 1 heterocycles. The minimum Gasteiger partial charge on any atom is -0.348 e. The highest BCUT2D eigenvalue weighted by atomic mass is 19.1. The first-order valence-electron chi connectivity index (χ1n) is 10.1. The topological polar surface area (TPSA) is 18.5 Å². The second kappa shape index (κ2) is 10.1. The molecule has 152 valence electrons. The van der Waals surface area contributed by atoms with Crippen molar-refractivity contribution in [1.82, 2.24) is 0 Å². The van der Waals surface area contributed by atoms with E-state index in [4.69, 9.17) is 9.47 Å². The maximum absolute atomic E-state index is 14.5. The Kier molecular flexibility index (Phi) is 7.58. The zero-order chi connectivity index (χ0) is 19.9. The summed E-state index contributed by atoms with van der Waals surface area (Å²) in [6.07, 6.45) is 6.80. The summed E-state index contributed by atoms with van der Waals surface area (Å²) in [5, 5.41) is 0. The Morgan fingerprint density at radius 3 is 2.29 bits per heavy atom. The summed E-state index contributed by atoms with van der Waals surface area (Å²) in [5.41, 5.74) is 0.128. The molecule has 3 rings (SSSR count). The number of ether oxygens (including phenoxy) is 2. The third-order valence-electron chi connectivity index (χ3n) is 5.52. The van der Waals surface area contributed by atoms with Crippen molar-refractivity contribution in [2.45, 2.75) is 51.7 Å². The fraction of sp³-hybridized carbons (Fsp3) is 0.565. The van der Waals surface area contributed by atoms with Crippen LogP contribution in [-0.4, -0.2) is 13.2 Å². The molecule has 2 fully saturated rings. The summed E-state index contributed by atoms with van der Waals surface area (Å²) < 4.78 is 52.5. The van der Waals surface area contributed by atoms with Gasteiger partial charge in [0.05, 0.1) is 25.1 Å². The first-order chi connectivity index (χ1) is 13.6. The summed E-state index contributed by atoms with van der Waals surface area (Å²) >= 11 is 0. The van der Waals surface area contributed by atoms with E-state index >= 15 is 0 Å². The fourth-order valence-corrected chi connectivity index (χ4v) is 3.89. The molecule has 0 unspecified atom stereocenters. The molecule has 1 aliphatic carbocycles. The van der Waals surface area contributed by atoms with Gasteiger partial charge in [-0.15, -0.1) is 0 Å². The minimum atomic E-state index is -0.738. The van der Waals surface area contributed by atoms with Crippen LogP contribution < -0.4 is 0 Å². The Morgan fingerprint density at radius 1 is 1.07 bits per heavy atom. The van der Waals surface area contributed by atoms with Gasteiger partial charge < -0.3 is 9.47 Å². The molecule has 1 saturated heterocycles. The monoisotopic (exact) mass is 392 g/mol. The average molecular weight is 392 g/mol. The maximum atomic E-state index is 14.5. The highest BCUT2D eigenvalue weighted by Crippen LogP contribution is 2.31. The van der Waals surface area contributed by atoms with Gasteiger partial charge in [-0.3, -0.25) is 0 Å². The summed E-state index contributed by atoms with van der Waals surface area (Å²) in [4.78, 5) is 0. The van der Waals surface area contributed by atoms with Crippen molar-refractivity contribution in [2.24, 2.45) is 17.8 Å². The van der Waals surface area contributed by atoms with Crippen LogP contribution in [0.25, 0.3) is 0 Å². The van der Waals surface area contributed by atoms with Gasteiger partial charge in [0.2, 0.25) is 0 Å². The van der Waals surface area contributed by atoms with Gasteiger partial charge in [0, 0.05) is 17.4 Å². The lowest BCUT2D eigenvalue weighted by atomic mass is 9.82. The van der Waals surface area contributed by atoms with Crippen molar-refractivity contribution in [3.63, 3.8) is 0 Å². The van der Waals surface area contributed by atoms with E-state index in [0.29, 0.717) is 31.0 Å². The first kappa shape index (κ1) is 21.0. The third kappa shape index (κ3) is 5.40. The molecular formula is C23H27F3O2. The molecule has 1 aliphatic heterocycles. The predicted molar refractivity (Wildman–Crippen MR) is 102 cm³/mol. The Balaban J connectivity index is 1.64. The molecule has 1 aromatic rings. The molecule has 0 aromatic heterocycles. The molecule has 0 atom stereocenters. The van der Waals surface area contributed by atoms with Crippen molar-refractivity contribution in [3.05, 3.63) is 47.3 Å². The Morgan fingerprint density at radius 2 is 1.71 bits per heavy atom. The normalized spacial score (nSPS) is 28.1. The molecule has 28 heavy (non-hydrogen) atoms. The quantitative estimate of drug-likeness (QED) is 0.579. The highest BCUT2D eigenvalue weighted by molar-refractivity contribution is 5.40. The predicted octanol–water partition coefficient (Wildman–Crippen LogP) is 6.07. The molecular weight excluding hydrogens is 365 g/mol. The van der Waals surface area contributed by atoms with Crippen LogP contribution in [-0.2, 0) is 9.47 Å². The molecule has 5 heteroatoms. The van der Waals surface area contributed by atoms with E-state index in [0.717, 1.165) is 38.5 Å². The van der Waals surface area contributed by atoms with Gasteiger partial charge >= 0.3 is 0 Å². The zero-order valence-corrected chi connectivity index (χ0v) is 16.2. The Labute approximate surface area is 165 Å². The van der Waals surface area contributed by atoms with Crippen LogP contribution >= 0.6 is 0 Å². The fourth-order valence-electron chi connectivity index (χ4n) is 3.89. The summed E-state index contributed by atoms with van der Waals surface area (Å²) in [6.45, 7) is 3.16. The van der Waals surface area contributed by atoms with E-state index in [1.165, 1.54) is 12.1 Å². The van der Waals surface area contributed by atoms with Crippen molar-refractivity contribution in [2.75, 3.05) is 13.2 Å². The lowest BCUT2D eigenvalue weighted by Crippen LogP contribution is -2.27. The molecule has 1 aromatic carbocycles. The van der Waals surface area contributed by atoms with E-state index in [2.05, 4.69) is 18.8 Å². The highest BCUT2D eigenvalue weighted by Gasteiger charge is 2.25. The smallest absolute Gasteiger partial charge is 0.184 e. The summed E-state index contributed by atoms with van der Waals surface area (Å²) in [5.74, 6) is 4.93. The lowest BCUT2D eigenvalue weighted by molar-refractivity contribution is -0.206. The van der Waals surface area contributed by atoms with Crippen LogP contribution in [0.3, 0.4) is 0 Å². The van der Waals surface area contributed by atoms with Crippen molar-refractivity contribution in [3.8, 4) is 11.8 Å². The second-order valence-corrected chi connectivity index (χ2v) is 7.71. The standard InChI is InChI=1S/C23H27F3O2/c1-2-3-18-14-27-23(28-15-18)19-12-21(25)20(22(26)13-19)9-8-16-4-6-17(7-5-16)10-11-24/h10-13,16-18,23H,2-7,14-15H2,1H3/b11-10+/t16?,17?,18-,23-. The summed E-state index contributed by atoms with van der Waals surface area (Å²) in [6, 6.07) is 2.50. The van der Waals surface area contributed by atoms with E-state index in [-0.39, 0.29) is 17.4 Å². The number of hydrogen-bond acceptors (Lipinski definition) is 2.